The maximum absolute atomic E-state index is 12.2. The van der Waals surface area contributed by atoms with Crippen LogP contribution in [-0.2, 0) is 26.0 Å². The highest BCUT2D eigenvalue weighted by atomic mass is 35.5. The third-order valence-corrected chi connectivity index (χ3v) is 5.74. The lowest BCUT2D eigenvalue weighted by atomic mass is 10.2. The SMILES string of the molecule is COC(=O)C1CC(S(=O)(=O)NCCc2ccc(Cl)cc2)CN1. The Morgan fingerprint density at radius 2 is 2.09 bits per heavy atom. The van der Waals surface area contributed by atoms with Gasteiger partial charge in [0.05, 0.1) is 12.4 Å². The van der Waals surface area contributed by atoms with Gasteiger partial charge in [0.25, 0.3) is 0 Å². The number of hydrogen-bond acceptors (Lipinski definition) is 5. The van der Waals surface area contributed by atoms with Crippen LogP contribution < -0.4 is 10.0 Å². The maximum Gasteiger partial charge on any atom is 0.322 e. The number of ether oxygens (including phenoxy) is 1. The average molecular weight is 347 g/mol. The van der Waals surface area contributed by atoms with Crippen LogP contribution in [0, 0.1) is 0 Å². The summed E-state index contributed by atoms with van der Waals surface area (Å²) in [5.74, 6) is -0.432. The van der Waals surface area contributed by atoms with E-state index in [1.54, 1.807) is 12.1 Å². The summed E-state index contributed by atoms with van der Waals surface area (Å²) in [6.07, 6.45) is 0.805. The lowest BCUT2D eigenvalue weighted by molar-refractivity contribution is -0.142. The monoisotopic (exact) mass is 346 g/mol. The standard InChI is InChI=1S/C14H19ClN2O4S/c1-21-14(18)13-8-12(9-16-13)22(19,20)17-7-6-10-2-4-11(15)5-3-10/h2-5,12-13,16-17H,6-9H2,1H3. The molecule has 0 bridgehead atoms. The van der Waals surface area contributed by atoms with Gasteiger partial charge in [-0.25, -0.2) is 13.1 Å². The number of halogens is 1. The van der Waals surface area contributed by atoms with Gasteiger partial charge in [-0.3, -0.25) is 4.79 Å². The molecule has 22 heavy (non-hydrogen) atoms. The first kappa shape index (κ1) is 17.2. The molecule has 6 nitrogen and oxygen atoms in total. The molecule has 1 fully saturated rings. The van der Waals surface area contributed by atoms with Crippen molar-refractivity contribution in [3.63, 3.8) is 0 Å². The van der Waals surface area contributed by atoms with E-state index in [1.165, 1.54) is 7.11 Å². The van der Waals surface area contributed by atoms with Gasteiger partial charge in [-0.05, 0) is 30.5 Å². The second-order valence-corrected chi connectivity index (χ2v) is 7.64. The van der Waals surface area contributed by atoms with Gasteiger partial charge in [0, 0.05) is 18.1 Å². The van der Waals surface area contributed by atoms with Crippen molar-refractivity contribution >= 4 is 27.6 Å². The maximum atomic E-state index is 12.2. The highest BCUT2D eigenvalue weighted by Gasteiger charge is 2.37. The molecule has 1 saturated heterocycles. The Bertz CT molecular complexity index is 618. The summed E-state index contributed by atoms with van der Waals surface area (Å²) in [4.78, 5) is 11.4. The van der Waals surface area contributed by atoms with E-state index in [9.17, 15) is 13.2 Å². The van der Waals surface area contributed by atoms with Gasteiger partial charge in [0.2, 0.25) is 10.0 Å². The summed E-state index contributed by atoms with van der Waals surface area (Å²) in [5.41, 5.74) is 1.00. The number of hydrogen-bond donors (Lipinski definition) is 2. The van der Waals surface area contributed by atoms with Crippen LogP contribution in [0.1, 0.15) is 12.0 Å². The topological polar surface area (TPSA) is 84.5 Å². The smallest absolute Gasteiger partial charge is 0.322 e. The fourth-order valence-electron chi connectivity index (χ4n) is 2.37. The number of sulfonamides is 1. The van der Waals surface area contributed by atoms with Crippen molar-refractivity contribution in [1.82, 2.24) is 10.0 Å². The molecule has 2 rings (SSSR count). The van der Waals surface area contributed by atoms with E-state index in [1.807, 2.05) is 12.1 Å². The molecule has 0 radical (unpaired) electrons. The molecular formula is C14H19ClN2O4S. The third-order valence-electron chi connectivity index (χ3n) is 3.65. The number of carbonyl (C=O) groups excluding carboxylic acids is 1. The Labute approximate surface area is 135 Å². The van der Waals surface area contributed by atoms with Crippen molar-refractivity contribution in [2.45, 2.75) is 24.1 Å². The second kappa shape index (κ2) is 7.41. The zero-order valence-corrected chi connectivity index (χ0v) is 13.8. The number of nitrogens with one attached hydrogen (secondary N) is 2. The first-order valence-corrected chi connectivity index (χ1v) is 8.89. The fourth-order valence-corrected chi connectivity index (χ4v) is 3.88. The van der Waals surface area contributed by atoms with Crippen LogP contribution in [0.5, 0.6) is 0 Å². The Morgan fingerprint density at radius 1 is 1.41 bits per heavy atom. The molecule has 0 aromatic heterocycles. The van der Waals surface area contributed by atoms with Crippen LogP contribution in [-0.4, -0.2) is 45.9 Å². The molecule has 2 N–H and O–H groups in total. The van der Waals surface area contributed by atoms with Crippen molar-refractivity contribution in [2.75, 3.05) is 20.2 Å². The number of esters is 1. The van der Waals surface area contributed by atoms with E-state index < -0.39 is 27.3 Å². The number of benzene rings is 1. The molecule has 0 spiro atoms. The normalized spacial score (nSPS) is 21.7. The first-order chi connectivity index (χ1) is 10.4. The van der Waals surface area contributed by atoms with Crippen LogP contribution in [0.4, 0.5) is 0 Å². The van der Waals surface area contributed by atoms with E-state index in [0.717, 1.165) is 5.56 Å². The molecule has 1 aromatic carbocycles. The van der Waals surface area contributed by atoms with E-state index in [4.69, 9.17) is 11.6 Å². The molecule has 1 heterocycles. The van der Waals surface area contributed by atoms with Gasteiger partial charge < -0.3 is 10.1 Å². The van der Waals surface area contributed by atoms with Gasteiger partial charge in [-0.2, -0.15) is 0 Å². The summed E-state index contributed by atoms with van der Waals surface area (Å²) in [6, 6.07) is 6.71. The van der Waals surface area contributed by atoms with Gasteiger partial charge in [0.1, 0.15) is 6.04 Å². The first-order valence-electron chi connectivity index (χ1n) is 6.96. The number of rotatable bonds is 6. The van der Waals surface area contributed by atoms with Crippen molar-refractivity contribution in [3.8, 4) is 0 Å². The quantitative estimate of drug-likeness (QED) is 0.741. The lowest BCUT2D eigenvalue weighted by Crippen LogP contribution is -2.36. The Kier molecular flexibility index (Phi) is 5.80. The summed E-state index contributed by atoms with van der Waals surface area (Å²) in [7, 11) is -2.17. The van der Waals surface area contributed by atoms with Crippen molar-refractivity contribution in [1.29, 1.82) is 0 Å². The van der Waals surface area contributed by atoms with Crippen molar-refractivity contribution in [2.24, 2.45) is 0 Å². The minimum atomic E-state index is -3.46. The molecule has 0 amide bonds. The predicted molar refractivity (Wildman–Crippen MR) is 84.3 cm³/mol. The molecule has 8 heteroatoms. The summed E-state index contributed by atoms with van der Waals surface area (Å²) < 4.78 is 31.6. The predicted octanol–water partition coefficient (Wildman–Crippen LogP) is 0.705. The molecule has 1 aliphatic heterocycles. The van der Waals surface area contributed by atoms with Gasteiger partial charge >= 0.3 is 5.97 Å². The molecule has 0 aliphatic carbocycles. The minimum Gasteiger partial charge on any atom is -0.468 e. The molecule has 2 atom stereocenters. The van der Waals surface area contributed by atoms with Crippen LogP contribution >= 0.6 is 11.6 Å². The van der Waals surface area contributed by atoms with E-state index >= 15 is 0 Å². The minimum absolute atomic E-state index is 0.225. The van der Waals surface area contributed by atoms with E-state index in [-0.39, 0.29) is 13.0 Å². The van der Waals surface area contributed by atoms with E-state index in [2.05, 4.69) is 14.8 Å². The summed E-state index contributed by atoms with van der Waals surface area (Å²) in [5, 5.41) is 2.89. The van der Waals surface area contributed by atoms with Crippen molar-refractivity contribution < 1.29 is 17.9 Å². The zero-order valence-electron chi connectivity index (χ0n) is 12.2. The van der Waals surface area contributed by atoms with Crippen molar-refractivity contribution in [3.05, 3.63) is 34.9 Å². The Hall–Kier alpha value is -1.15. The third kappa shape index (κ3) is 4.42. The summed E-state index contributed by atoms with van der Waals surface area (Å²) >= 11 is 5.80. The van der Waals surface area contributed by atoms with Crippen LogP contribution in [0.15, 0.2) is 24.3 Å². The van der Waals surface area contributed by atoms with Crippen LogP contribution in [0.3, 0.4) is 0 Å². The van der Waals surface area contributed by atoms with Crippen LogP contribution in [0.2, 0.25) is 5.02 Å². The number of carbonyl (C=O) groups is 1. The zero-order chi connectivity index (χ0) is 16.2. The lowest BCUT2D eigenvalue weighted by Gasteiger charge is -2.12. The molecule has 1 aliphatic rings. The fraction of sp³-hybridized carbons (Fsp3) is 0.500. The molecule has 122 valence electrons. The molecule has 0 saturated carbocycles. The van der Waals surface area contributed by atoms with Crippen LogP contribution in [0.25, 0.3) is 0 Å². The highest BCUT2D eigenvalue weighted by molar-refractivity contribution is 7.90. The Balaban J connectivity index is 1.84. The van der Waals surface area contributed by atoms with Gasteiger partial charge in [0.15, 0.2) is 0 Å². The molecular weight excluding hydrogens is 328 g/mol. The van der Waals surface area contributed by atoms with Gasteiger partial charge in [-0.1, -0.05) is 23.7 Å². The van der Waals surface area contributed by atoms with Gasteiger partial charge in [-0.15, -0.1) is 0 Å². The Morgan fingerprint density at radius 3 is 2.73 bits per heavy atom. The molecule has 1 aromatic rings. The average Bonchev–Trinajstić information content (AvgIpc) is 2.99. The highest BCUT2D eigenvalue weighted by Crippen LogP contribution is 2.15. The number of methoxy groups -OCH3 is 1. The summed E-state index contributed by atoms with van der Waals surface area (Å²) in [6.45, 7) is 0.555. The second-order valence-electron chi connectivity index (χ2n) is 5.16. The molecule has 2 unspecified atom stereocenters. The largest absolute Gasteiger partial charge is 0.468 e. The van der Waals surface area contributed by atoms with E-state index in [0.29, 0.717) is 18.0 Å².